The largest absolute Gasteiger partial charge is 0.462 e. The summed E-state index contributed by atoms with van der Waals surface area (Å²) in [6.07, 6.45) is 53.5. The van der Waals surface area contributed by atoms with Crippen LogP contribution in [-0.4, -0.2) is 37.2 Å². The van der Waals surface area contributed by atoms with Gasteiger partial charge in [-0.05, 0) is 64.2 Å². The molecule has 0 aliphatic carbocycles. The minimum absolute atomic E-state index is 0.0828. The molecule has 0 radical (unpaired) electrons. The Morgan fingerprint density at radius 1 is 0.375 bits per heavy atom. The predicted octanol–water partition coefficient (Wildman–Crippen LogP) is 14.9. The second kappa shape index (κ2) is 44.8. The molecule has 0 bridgehead atoms. The molecule has 6 nitrogen and oxygen atoms in total. The quantitative estimate of drug-likeness (QED) is 0.0266. The topological polar surface area (TPSA) is 78.9 Å². The summed E-state index contributed by atoms with van der Waals surface area (Å²) >= 11 is 0. The van der Waals surface area contributed by atoms with E-state index in [1.54, 1.807) is 0 Å². The lowest BCUT2D eigenvalue weighted by atomic mass is 10.1. The lowest BCUT2D eigenvalue weighted by molar-refractivity contribution is -0.167. The Morgan fingerprint density at radius 3 is 1.09 bits per heavy atom. The Morgan fingerprint density at radius 2 is 0.696 bits per heavy atom. The van der Waals surface area contributed by atoms with Crippen molar-refractivity contribution in [2.24, 2.45) is 0 Å². The average Bonchev–Trinajstić information content (AvgIpc) is 3.19. The molecule has 322 valence electrons. The van der Waals surface area contributed by atoms with Gasteiger partial charge in [0.2, 0.25) is 0 Å². The minimum Gasteiger partial charge on any atom is -0.462 e. The molecule has 1 atom stereocenters. The number of carbonyl (C=O) groups excluding carboxylic acids is 3. The fourth-order valence-corrected chi connectivity index (χ4v) is 6.29. The number of unbranched alkanes of at least 4 members (excludes halogenated alkanes) is 20. The van der Waals surface area contributed by atoms with Crippen molar-refractivity contribution in [3.63, 3.8) is 0 Å². The van der Waals surface area contributed by atoms with Gasteiger partial charge in [0.1, 0.15) is 13.2 Å². The average molecular weight is 783 g/mol. The lowest BCUT2D eigenvalue weighted by Crippen LogP contribution is -2.30. The number of esters is 3. The molecule has 0 spiro atoms. The van der Waals surface area contributed by atoms with Gasteiger partial charge >= 0.3 is 17.9 Å². The number of hydrogen-bond acceptors (Lipinski definition) is 6. The highest BCUT2D eigenvalue weighted by atomic mass is 16.6. The summed E-state index contributed by atoms with van der Waals surface area (Å²) in [4.78, 5) is 37.7. The maximum atomic E-state index is 12.7. The Labute approximate surface area is 345 Å². The highest BCUT2D eigenvalue weighted by molar-refractivity contribution is 5.71. The molecule has 0 aromatic rings. The van der Waals surface area contributed by atoms with Crippen LogP contribution >= 0.6 is 0 Å². The molecular weight excluding hydrogens is 697 g/mol. The van der Waals surface area contributed by atoms with E-state index in [9.17, 15) is 14.4 Å². The van der Waals surface area contributed by atoms with Crippen molar-refractivity contribution in [2.45, 2.75) is 226 Å². The van der Waals surface area contributed by atoms with E-state index in [0.29, 0.717) is 19.3 Å². The zero-order chi connectivity index (χ0) is 40.8. The second-order valence-electron chi connectivity index (χ2n) is 15.3. The minimum atomic E-state index is -0.781. The molecule has 0 heterocycles. The molecule has 0 aliphatic heterocycles. The van der Waals surface area contributed by atoms with E-state index >= 15 is 0 Å². The van der Waals surface area contributed by atoms with E-state index in [0.717, 1.165) is 96.3 Å². The van der Waals surface area contributed by atoms with Gasteiger partial charge in [-0.3, -0.25) is 14.4 Å². The van der Waals surface area contributed by atoms with E-state index in [2.05, 4.69) is 81.5 Å². The summed E-state index contributed by atoms with van der Waals surface area (Å²) in [6, 6.07) is 0. The predicted molar refractivity (Wildman–Crippen MR) is 238 cm³/mol. The van der Waals surface area contributed by atoms with Gasteiger partial charge in [0, 0.05) is 19.3 Å². The Bertz CT molecular complexity index is 1040. The number of allylic oxidation sites excluding steroid dienone is 10. The second-order valence-corrected chi connectivity index (χ2v) is 15.3. The van der Waals surface area contributed by atoms with E-state index in [4.69, 9.17) is 14.2 Å². The number of hydrogen-bond donors (Lipinski definition) is 0. The number of carbonyl (C=O) groups is 3. The fraction of sp³-hybridized carbons (Fsp3) is 0.740. The first kappa shape index (κ1) is 53.1. The molecule has 0 aliphatic rings. The van der Waals surface area contributed by atoms with E-state index in [-0.39, 0.29) is 31.1 Å². The van der Waals surface area contributed by atoms with Crippen molar-refractivity contribution in [3.05, 3.63) is 60.8 Å². The highest BCUT2D eigenvalue weighted by Gasteiger charge is 2.19. The lowest BCUT2D eigenvalue weighted by Gasteiger charge is -2.18. The molecule has 0 fully saturated rings. The van der Waals surface area contributed by atoms with Crippen molar-refractivity contribution in [1.29, 1.82) is 0 Å². The highest BCUT2D eigenvalue weighted by Crippen LogP contribution is 2.14. The van der Waals surface area contributed by atoms with Crippen LogP contribution in [0.25, 0.3) is 0 Å². The third-order valence-electron chi connectivity index (χ3n) is 9.79. The standard InChI is InChI=1S/C50H86O6/c1-4-7-10-13-16-19-21-22-23-24-25-26-27-28-29-32-34-37-40-43-49(52)55-46-47(45-54-48(51)42-39-36-33-30-18-15-12-9-6-3)56-50(53)44-41-38-35-31-20-17-14-11-8-5-2/h7,10,16,19,22-23,25-26,28-29,47H,4-6,8-9,11-15,17-18,20-21,24,27,30-46H2,1-3H3/b10-7-,19-16-,23-22-,26-25-,29-28-. The van der Waals surface area contributed by atoms with Gasteiger partial charge in [0.15, 0.2) is 6.10 Å². The monoisotopic (exact) mass is 783 g/mol. The van der Waals surface area contributed by atoms with Gasteiger partial charge < -0.3 is 14.2 Å². The summed E-state index contributed by atoms with van der Waals surface area (Å²) < 4.78 is 16.7. The van der Waals surface area contributed by atoms with Crippen molar-refractivity contribution in [2.75, 3.05) is 13.2 Å². The van der Waals surface area contributed by atoms with Crippen LogP contribution < -0.4 is 0 Å². The Hall–Kier alpha value is -2.89. The van der Waals surface area contributed by atoms with Crippen LogP contribution in [0.15, 0.2) is 60.8 Å². The molecule has 0 rings (SSSR count). The van der Waals surface area contributed by atoms with E-state index < -0.39 is 6.10 Å². The molecular formula is C50H86O6. The molecule has 0 aromatic carbocycles. The molecule has 1 unspecified atom stereocenters. The van der Waals surface area contributed by atoms with Crippen LogP contribution in [0.1, 0.15) is 220 Å². The van der Waals surface area contributed by atoms with Gasteiger partial charge in [-0.2, -0.15) is 0 Å². The van der Waals surface area contributed by atoms with Crippen LogP contribution in [0.3, 0.4) is 0 Å². The first-order chi connectivity index (χ1) is 27.5. The maximum Gasteiger partial charge on any atom is 0.306 e. The molecule has 0 saturated heterocycles. The normalized spacial score (nSPS) is 12.6. The SMILES string of the molecule is CC/C=C\C/C=C\C/C=C\C/C=C\C/C=C\CCCCCC(=O)OCC(COC(=O)CCCCCCCCCCC)OC(=O)CCCCCCCCCCCC. The van der Waals surface area contributed by atoms with Gasteiger partial charge in [0.05, 0.1) is 0 Å². The van der Waals surface area contributed by atoms with Gasteiger partial charge in [-0.15, -0.1) is 0 Å². The summed E-state index contributed by atoms with van der Waals surface area (Å²) in [5.41, 5.74) is 0. The number of rotatable bonds is 41. The summed E-state index contributed by atoms with van der Waals surface area (Å²) in [6.45, 7) is 6.45. The van der Waals surface area contributed by atoms with Crippen LogP contribution in [0.5, 0.6) is 0 Å². The summed E-state index contributed by atoms with van der Waals surface area (Å²) in [5.74, 6) is -0.921. The summed E-state index contributed by atoms with van der Waals surface area (Å²) in [5, 5.41) is 0. The van der Waals surface area contributed by atoms with Crippen molar-refractivity contribution >= 4 is 17.9 Å². The van der Waals surface area contributed by atoms with Crippen molar-refractivity contribution in [3.8, 4) is 0 Å². The third-order valence-corrected chi connectivity index (χ3v) is 9.79. The maximum absolute atomic E-state index is 12.7. The van der Waals surface area contributed by atoms with Crippen molar-refractivity contribution in [1.82, 2.24) is 0 Å². The summed E-state index contributed by atoms with van der Waals surface area (Å²) in [7, 11) is 0. The zero-order valence-electron chi connectivity index (χ0n) is 36.6. The molecule has 0 saturated carbocycles. The molecule has 0 N–H and O–H groups in total. The first-order valence-electron chi connectivity index (χ1n) is 23.3. The molecule has 0 amide bonds. The zero-order valence-corrected chi connectivity index (χ0v) is 36.6. The van der Waals surface area contributed by atoms with Gasteiger partial charge in [-0.1, -0.05) is 197 Å². The van der Waals surface area contributed by atoms with E-state index in [1.165, 1.54) is 83.5 Å². The molecule has 0 aromatic heterocycles. The van der Waals surface area contributed by atoms with E-state index in [1.807, 2.05) is 0 Å². The number of ether oxygens (including phenoxy) is 3. The van der Waals surface area contributed by atoms with Crippen LogP contribution in [0.4, 0.5) is 0 Å². The van der Waals surface area contributed by atoms with Crippen LogP contribution in [0.2, 0.25) is 0 Å². The van der Waals surface area contributed by atoms with Crippen molar-refractivity contribution < 1.29 is 28.6 Å². The molecule has 6 heteroatoms. The molecule has 56 heavy (non-hydrogen) atoms. The smallest absolute Gasteiger partial charge is 0.306 e. The Balaban J connectivity index is 4.36. The van der Waals surface area contributed by atoms with Gasteiger partial charge in [0.25, 0.3) is 0 Å². The Kier molecular flexibility index (Phi) is 42.5. The third kappa shape index (κ3) is 42.3. The first-order valence-corrected chi connectivity index (χ1v) is 23.3. The van der Waals surface area contributed by atoms with Crippen LogP contribution in [-0.2, 0) is 28.6 Å². The van der Waals surface area contributed by atoms with Crippen LogP contribution in [0, 0.1) is 0 Å². The fourth-order valence-electron chi connectivity index (χ4n) is 6.29. The van der Waals surface area contributed by atoms with Gasteiger partial charge in [-0.25, -0.2) is 0 Å².